The molecule has 1 fully saturated rings. The van der Waals surface area contributed by atoms with Crippen LogP contribution < -0.4 is 5.32 Å². The molecule has 0 saturated carbocycles. The monoisotopic (exact) mass is 441 g/mol. The minimum absolute atomic E-state index is 0. The van der Waals surface area contributed by atoms with Crippen LogP contribution in [0, 0.1) is 5.41 Å². The van der Waals surface area contributed by atoms with Gasteiger partial charge in [0.05, 0.1) is 4.34 Å². The number of rotatable bonds is 3. The van der Waals surface area contributed by atoms with E-state index in [1.165, 1.54) is 4.88 Å². The van der Waals surface area contributed by atoms with Crippen LogP contribution in [0.2, 0.25) is 4.34 Å². The maximum atomic E-state index is 5.95. The highest BCUT2D eigenvalue weighted by atomic mass is 127. The second-order valence-electron chi connectivity index (χ2n) is 6.46. The molecule has 1 aliphatic heterocycles. The Labute approximate surface area is 154 Å². The standard InChI is InChI=1S/C15H24ClN3S.HI/c1-14(2)10-19(15(14,3)4)13(17-5)18-9-8-11-6-7-12(16)20-11;/h6-7H,8-10H2,1-5H3,(H,17,18);1H. The zero-order chi connectivity index (χ0) is 15.0. The number of likely N-dealkylation sites (tertiary alicyclic amines) is 1. The van der Waals surface area contributed by atoms with E-state index < -0.39 is 0 Å². The van der Waals surface area contributed by atoms with Crippen molar-refractivity contribution in [3.63, 3.8) is 0 Å². The molecule has 0 aromatic carbocycles. The average molecular weight is 442 g/mol. The van der Waals surface area contributed by atoms with Crippen LogP contribution in [0.3, 0.4) is 0 Å². The molecule has 0 aliphatic carbocycles. The first-order valence-electron chi connectivity index (χ1n) is 7.00. The van der Waals surface area contributed by atoms with E-state index in [1.54, 1.807) is 11.3 Å². The third kappa shape index (κ3) is 3.85. The van der Waals surface area contributed by atoms with Crippen molar-refractivity contribution in [2.24, 2.45) is 10.4 Å². The van der Waals surface area contributed by atoms with Crippen LogP contribution >= 0.6 is 46.9 Å². The largest absolute Gasteiger partial charge is 0.356 e. The van der Waals surface area contributed by atoms with Crippen molar-refractivity contribution in [2.45, 2.75) is 39.7 Å². The average Bonchev–Trinajstić information content (AvgIpc) is 2.78. The van der Waals surface area contributed by atoms with Crippen molar-refractivity contribution >= 4 is 52.9 Å². The van der Waals surface area contributed by atoms with E-state index in [9.17, 15) is 0 Å². The molecule has 1 aromatic rings. The van der Waals surface area contributed by atoms with Gasteiger partial charge in [0.1, 0.15) is 0 Å². The SMILES string of the molecule is CN=C(NCCc1ccc(Cl)s1)N1CC(C)(C)C1(C)C.I. The lowest BCUT2D eigenvalue weighted by Crippen LogP contribution is -2.72. The quantitative estimate of drug-likeness (QED) is 0.431. The molecular formula is C15H25ClIN3S. The van der Waals surface area contributed by atoms with Crippen molar-refractivity contribution in [2.75, 3.05) is 20.1 Å². The van der Waals surface area contributed by atoms with Gasteiger partial charge in [-0.05, 0) is 32.4 Å². The first kappa shape index (κ1) is 19.0. The van der Waals surface area contributed by atoms with Gasteiger partial charge in [0.25, 0.3) is 0 Å². The molecule has 0 bridgehead atoms. The van der Waals surface area contributed by atoms with E-state index in [4.69, 9.17) is 11.6 Å². The Morgan fingerprint density at radius 2 is 2.05 bits per heavy atom. The fraction of sp³-hybridized carbons (Fsp3) is 0.667. The molecule has 21 heavy (non-hydrogen) atoms. The Morgan fingerprint density at radius 1 is 1.38 bits per heavy atom. The van der Waals surface area contributed by atoms with Gasteiger partial charge in [0.15, 0.2) is 5.96 Å². The normalized spacial score (nSPS) is 19.7. The zero-order valence-corrected chi connectivity index (χ0v) is 17.3. The highest BCUT2D eigenvalue weighted by molar-refractivity contribution is 14.0. The predicted molar refractivity (Wildman–Crippen MR) is 104 cm³/mol. The fourth-order valence-electron chi connectivity index (χ4n) is 2.48. The number of guanidine groups is 1. The summed E-state index contributed by atoms with van der Waals surface area (Å²) in [4.78, 5) is 8.08. The van der Waals surface area contributed by atoms with E-state index >= 15 is 0 Å². The van der Waals surface area contributed by atoms with Gasteiger partial charge < -0.3 is 10.2 Å². The van der Waals surface area contributed by atoms with Crippen LogP contribution in [0.1, 0.15) is 32.6 Å². The van der Waals surface area contributed by atoms with Gasteiger partial charge in [-0.3, -0.25) is 4.99 Å². The van der Waals surface area contributed by atoms with Gasteiger partial charge in [-0.2, -0.15) is 0 Å². The summed E-state index contributed by atoms with van der Waals surface area (Å²) in [5, 5.41) is 3.46. The van der Waals surface area contributed by atoms with Crippen LogP contribution in [0.15, 0.2) is 17.1 Å². The Hall–Kier alpha value is -0.0100. The van der Waals surface area contributed by atoms with Crippen molar-refractivity contribution < 1.29 is 0 Å². The predicted octanol–water partition coefficient (Wildman–Crippen LogP) is 4.26. The molecule has 120 valence electrons. The highest BCUT2D eigenvalue weighted by Crippen LogP contribution is 2.46. The molecule has 1 N–H and O–H groups in total. The maximum Gasteiger partial charge on any atom is 0.194 e. The summed E-state index contributed by atoms with van der Waals surface area (Å²) in [5.74, 6) is 0.997. The smallest absolute Gasteiger partial charge is 0.194 e. The van der Waals surface area contributed by atoms with Crippen LogP contribution in [-0.2, 0) is 6.42 Å². The lowest BCUT2D eigenvalue weighted by molar-refractivity contribution is -0.0666. The number of halogens is 2. The summed E-state index contributed by atoms with van der Waals surface area (Å²) in [6, 6.07) is 4.05. The van der Waals surface area contributed by atoms with E-state index in [0.717, 1.165) is 29.8 Å². The molecule has 1 aliphatic rings. The topological polar surface area (TPSA) is 27.6 Å². The molecule has 2 heterocycles. The number of nitrogens with zero attached hydrogens (tertiary/aromatic N) is 2. The summed E-state index contributed by atoms with van der Waals surface area (Å²) in [6.07, 6.45) is 0.980. The minimum atomic E-state index is 0. The number of aliphatic imine (C=N–C) groups is 1. The zero-order valence-electron chi connectivity index (χ0n) is 13.4. The van der Waals surface area contributed by atoms with E-state index in [2.05, 4.69) is 49.0 Å². The molecule has 2 rings (SSSR count). The first-order valence-corrected chi connectivity index (χ1v) is 8.20. The Morgan fingerprint density at radius 3 is 2.48 bits per heavy atom. The number of nitrogens with one attached hydrogen (secondary N) is 1. The highest BCUT2D eigenvalue weighted by Gasteiger charge is 2.53. The summed E-state index contributed by atoms with van der Waals surface area (Å²) in [6.45, 7) is 11.1. The van der Waals surface area contributed by atoms with Crippen molar-refractivity contribution in [3.8, 4) is 0 Å². The number of hydrogen-bond acceptors (Lipinski definition) is 2. The Kier molecular flexibility index (Phi) is 6.39. The van der Waals surface area contributed by atoms with Gasteiger partial charge in [-0.1, -0.05) is 25.4 Å². The summed E-state index contributed by atoms with van der Waals surface area (Å²) in [5.41, 5.74) is 0.465. The third-order valence-electron chi connectivity index (χ3n) is 4.64. The molecule has 0 spiro atoms. The van der Waals surface area contributed by atoms with Crippen LogP contribution in [0.5, 0.6) is 0 Å². The second-order valence-corrected chi connectivity index (χ2v) is 8.26. The maximum absolute atomic E-state index is 5.95. The minimum Gasteiger partial charge on any atom is -0.356 e. The molecule has 0 atom stereocenters. The van der Waals surface area contributed by atoms with E-state index in [-0.39, 0.29) is 29.5 Å². The van der Waals surface area contributed by atoms with Gasteiger partial charge in [0, 0.05) is 36.0 Å². The molecule has 1 saturated heterocycles. The summed E-state index contributed by atoms with van der Waals surface area (Å²) < 4.78 is 0.856. The molecular weight excluding hydrogens is 417 g/mol. The number of hydrogen-bond donors (Lipinski definition) is 1. The Bertz CT molecular complexity index is 511. The van der Waals surface area contributed by atoms with E-state index in [0.29, 0.717) is 5.41 Å². The molecule has 0 radical (unpaired) electrons. The first-order chi connectivity index (χ1) is 9.28. The van der Waals surface area contributed by atoms with E-state index in [1.807, 2.05) is 13.1 Å². The van der Waals surface area contributed by atoms with Crippen molar-refractivity contribution in [3.05, 3.63) is 21.3 Å². The third-order valence-corrected chi connectivity index (χ3v) is 5.93. The second kappa shape index (κ2) is 7.04. The van der Waals surface area contributed by atoms with Crippen LogP contribution in [0.25, 0.3) is 0 Å². The van der Waals surface area contributed by atoms with Crippen molar-refractivity contribution in [1.82, 2.24) is 10.2 Å². The Balaban J connectivity index is 0.00000220. The van der Waals surface area contributed by atoms with Gasteiger partial charge in [-0.15, -0.1) is 35.3 Å². The van der Waals surface area contributed by atoms with Crippen LogP contribution in [0.4, 0.5) is 0 Å². The molecule has 0 unspecified atom stereocenters. The van der Waals surface area contributed by atoms with Gasteiger partial charge in [-0.25, -0.2) is 0 Å². The molecule has 6 heteroatoms. The van der Waals surface area contributed by atoms with Gasteiger partial charge in [0.2, 0.25) is 0 Å². The molecule has 0 amide bonds. The molecule has 1 aromatic heterocycles. The van der Waals surface area contributed by atoms with Crippen LogP contribution in [-0.4, -0.2) is 36.5 Å². The lowest BCUT2D eigenvalue weighted by Gasteiger charge is -2.62. The molecule has 3 nitrogen and oxygen atoms in total. The number of thiophene rings is 1. The van der Waals surface area contributed by atoms with Crippen molar-refractivity contribution in [1.29, 1.82) is 0 Å². The lowest BCUT2D eigenvalue weighted by atomic mass is 9.65. The summed E-state index contributed by atoms with van der Waals surface area (Å²) >= 11 is 7.59. The van der Waals surface area contributed by atoms with Gasteiger partial charge >= 0.3 is 0 Å². The summed E-state index contributed by atoms with van der Waals surface area (Å²) in [7, 11) is 1.85. The fourth-order valence-corrected chi connectivity index (χ4v) is 3.57.